The van der Waals surface area contributed by atoms with Crippen LogP contribution >= 0.6 is 11.6 Å². The Morgan fingerprint density at radius 3 is 2.81 bits per heavy atom. The van der Waals surface area contributed by atoms with Gasteiger partial charge >= 0.3 is 0 Å². The van der Waals surface area contributed by atoms with Crippen LogP contribution in [0, 0.1) is 12.8 Å². The number of rotatable bonds is 3. The lowest BCUT2D eigenvalue weighted by atomic mass is 9.89. The van der Waals surface area contributed by atoms with E-state index in [2.05, 4.69) is 15.3 Å². The van der Waals surface area contributed by atoms with Crippen LogP contribution in [0.25, 0.3) is 0 Å². The molecule has 88 valence electrons. The third-order valence-electron chi connectivity index (χ3n) is 3.05. The van der Waals surface area contributed by atoms with Crippen molar-refractivity contribution in [2.24, 2.45) is 5.92 Å². The molecule has 16 heavy (non-hydrogen) atoms. The van der Waals surface area contributed by atoms with Gasteiger partial charge < -0.3 is 5.32 Å². The summed E-state index contributed by atoms with van der Waals surface area (Å²) in [5.41, 5.74) is 1.09. The molecule has 1 saturated carbocycles. The lowest BCUT2D eigenvalue weighted by Gasteiger charge is -2.25. The molecule has 0 radical (unpaired) electrons. The normalized spacial score (nSPS) is 25.4. The average Bonchev–Trinajstić information content (AvgIpc) is 2.28. The minimum absolute atomic E-state index is 0.361. The SMILES string of the molecule is Cc1cnc(NCC2CCCC(Cl)C2)nc1. The Morgan fingerprint density at radius 1 is 1.38 bits per heavy atom. The van der Waals surface area contributed by atoms with Crippen molar-refractivity contribution in [2.75, 3.05) is 11.9 Å². The van der Waals surface area contributed by atoms with Crippen molar-refractivity contribution in [3.05, 3.63) is 18.0 Å². The molecule has 0 bridgehead atoms. The van der Waals surface area contributed by atoms with Gasteiger partial charge in [-0.25, -0.2) is 9.97 Å². The second-order valence-electron chi connectivity index (χ2n) is 4.59. The van der Waals surface area contributed by atoms with Crippen molar-refractivity contribution in [3.8, 4) is 0 Å². The average molecular weight is 240 g/mol. The highest BCUT2D eigenvalue weighted by molar-refractivity contribution is 6.20. The van der Waals surface area contributed by atoms with E-state index in [0.717, 1.165) is 24.5 Å². The van der Waals surface area contributed by atoms with E-state index in [9.17, 15) is 0 Å². The lowest BCUT2D eigenvalue weighted by Crippen LogP contribution is -2.23. The first kappa shape index (κ1) is 11.6. The number of aromatic nitrogens is 2. The van der Waals surface area contributed by atoms with Crippen LogP contribution in [-0.4, -0.2) is 21.9 Å². The number of halogens is 1. The minimum Gasteiger partial charge on any atom is -0.354 e. The molecular weight excluding hydrogens is 222 g/mol. The third-order valence-corrected chi connectivity index (χ3v) is 3.44. The van der Waals surface area contributed by atoms with E-state index < -0.39 is 0 Å². The van der Waals surface area contributed by atoms with Crippen LogP contribution in [0.3, 0.4) is 0 Å². The molecule has 0 aliphatic heterocycles. The fourth-order valence-electron chi connectivity index (χ4n) is 2.13. The van der Waals surface area contributed by atoms with Crippen molar-refractivity contribution in [1.82, 2.24) is 9.97 Å². The van der Waals surface area contributed by atoms with Crippen LogP contribution in [0.2, 0.25) is 0 Å². The van der Waals surface area contributed by atoms with Crippen molar-refractivity contribution in [3.63, 3.8) is 0 Å². The van der Waals surface area contributed by atoms with Gasteiger partial charge in [0, 0.05) is 24.3 Å². The standard InChI is InChI=1S/C12H18ClN3/c1-9-6-14-12(15-7-9)16-8-10-3-2-4-11(13)5-10/h6-7,10-11H,2-5,8H2,1H3,(H,14,15,16). The number of anilines is 1. The van der Waals surface area contributed by atoms with Gasteiger partial charge in [-0.15, -0.1) is 11.6 Å². The number of nitrogens with zero attached hydrogens (tertiary/aromatic N) is 2. The van der Waals surface area contributed by atoms with Crippen molar-refractivity contribution < 1.29 is 0 Å². The molecule has 0 aromatic carbocycles. The highest BCUT2D eigenvalue weighted by Gasteiger charge is 2.19. The van der Waals surface area contributed by atoms with Gasteiger partial charge in [0.15, 0.2) is 0 Å². The van der Waals surface area contributed by atoms with Gasteiger partial charge in [0.1, 0.15) is 0 Å². The van der Waals surface area contributed by atoms with E-state index in [1.807, 2.05) is 19.3 Å². The molecule has 0 saturated heterocycles. The molecule has 0 amide bonds. The Labute approximate surface area is 102 Å². The van der Waals surface area contributed by atoms with Crippen LogP contribution < -0.4 is 5.32 Å². The molecule has 1 aromatic heterocycles. The molecule has 1 aromatic rings. The maximum absolute atomic E-state index is 6.15. The zero-order valence-electron chi connectivity index (χ0n) is 9.62. The first-order valence-electron chi connectivity index (χ1n) is 5.90. The van der Waals surface area contributed by atoms with E-state index >= 15 is 0 Å². The molecule has 2 unspecified atom stereocenters. The van der Waals surface area contributed by atoms with E-state index in [0.29, 0.717) is 11.3 Å². The molecule has 0 spiro atoms. The first-order chi connectivity index (χ1) is 7.74. The first-order valence-corrected chi connectivity index (χ1v) is 6.34. The molecule has 1 N–H and O–H groups in total. The number of nitrogens with one attached hydrogen (secondary N) is 1. The van der Waals surface area contributed by atoms with Crippen LogP contribution in [-0.2, 0) is 0 Å². The molecule has 1 heterocycles. The number of hydrogen-bond donors (Lipinski definition) is 1. The van der Waals surface area contributed by atoms with Crippen molar-refractivity contribution in [1.29, 1.82) is 0 Å². The predicted octanol–water partition coefficient (Wildman–Crippen LogP) is 2.99. The largest absolute Gasteiger partial charge is 0.354 e. The fraction of sp³-hybridized carbons (Fsp3) is 0.667. The summed E-state index contributed by atoms with van der Waals surface area (Å²) in [6.45, 7) is 2.93. The summed E-state index contributed by atoms with van der Waals surface area (Å²) >= 11 is 6.15. The van der Waals surface area contributed by atoms with Gasteiger partial charge in [-0.05, 0) is 37.7 Å². The van der Waals surface area contributed by atoms with E-state index in [1.54, 1.807) is 0 Å². The Morgan fingerprint density at radius 2 is 2.12 bits per heavy atom. The van der Waals surface area contributed by atoms with Gasteiger partial charge in [0.25, 0.3) is 0 Å². The summed E-state index contributed by atoms with van der Waals surface area (Å²) in [5, 5.41) is 3.64. The zero-order valence-corrected chi connectivity index (χ0v) is 10.4. The summed E-state index contributed by atoms with van der Waals surface area (Å²) in [7, 11) is 0. The summed E-state index contributed by atoms with van der Waals surface area (Å²) < 4.78 is 0. The maximum Gasteiger partial charge on any atom is 0.222 e. The van der Waals surface area contributed by atoms with Crippen LogP contribution in [0.15, 0.2) is 12.4 Å². The molecule has 1 aliphatic carbocycles. The molecule has 3 nitrogen and oxygen atoms in total. The smallest absolute Gasteiger partial charge is 0.222 e. The second-order valence-corrected chi connectivity index (χ2v) is 5.21. The lowest BCUT2D eigenvalue weighted by molar-refractivity contribution is 0.378. The highest BCUT2D eigenvalue weighted by Crippen LogP contribution is 2.27. The summed E-state index contributed by atoms with van der Waals surface area (Å²) in [5.74, 6) is 1.39. The maximum atomic E-state index is 6.15. The van der Waals surface area contributed by atoms with Crippen LogP contribution in [0.4, 0.5) is 5.95 Å². The van der Waals surface area contributed by atoms with E-state index in [1.165, 1.54) is 19.3 Å². The third kappa shape index (κ3) is 3.34. The van der Waals surface area contributed by atoms with Crippen molar-refractivity contribution in [2.45, 2.75) is 38.0 Å². The van der Waals surface area contributed by atoms with Gasteiger partial charge in [-0.1, -0.05) is 6.42 Å². The zero-order chi connectivity index (χ0) is 11.4. The van der Waals surface area contributed by atoms with Crippen molar-refractivity contribution >= 4 is 17.5 Å². The van der Waals surface area contributed by atoms with Gasteiger partial charge in [0.2, 0.25) is 5.95 Å². The van der Waals surface area contributed by atoms with Gasteiger partial charge in [-0.2, -0.15) is 0 Å². The summed E-state index contributed by atoms with van der Waals surface area (Å²) in [4.78, 5) is 8.45. The predicted molar refractivity (Wildman–Crippen MR) is 66.9 cm³/mol. The van der Waals surface area contributed by atoms with Gasteiger partial charge in [-0.3, -0.25) is 0 Å². The summed E-state index contributed by atoms with van der Waals surface area (Å²) in [6.07, 6.45) is 8.46. The number of alkyl halides is 1. The molecule has 1 aliphatic rings. The monoisotopic (exact) mass is 239 g/mol. The van der Waals surface area contributed by atoms with E-state index in [4.69, 9.17) is 11.6 Å². The van der Waals surface area contributed by atoms with Gasteiger partial charge in [0.05, 0.1) is 0 Å². The van der Waals surface area contributed by atoms with Crippen LogP contribution in [0.1, 0.15) is 31.2 Å². The Bertz CT molecular complexity index is 326. The highest BCUT2D eigenvalue weighted by atomic mass is 35.5. The Balaban J connectivity index is 1.80. The number of aryl methyl sites for hydroxylation is 1. The Kier molecular flexibility index (Phi) is 3.99. The molecule has 4 heteroatoms. The number of hydrogen-bond acceptors (Lipinski definition) is 3. The summed E-state index contributed by atoms with van der Waals surface area (Å²) in [6, 6.07) is 0. The molecular formula is C12H18ClN3. The fourth-order valence-corrected chi connectivity index (χ4v) is 2.54. The minimum atomic E-state index is 0.361. The molecule has 2 rings (SSSR count). The molecule has 2 atom stereocenters. The molecule has 1 fully saturated rings. The second kappa shape index (κ2) is 5.48. The topological polar surface area (TPSA) is 37.8 Å². The van der Waals surface area contributed by atoms with Crippen LogP contribution in [0.5, 0.6) is 0 Å². The quantitative estimate of drug-likeness (QED) is 0.824. The Hall–Kier alpha value is -0.830. The van der Waals surface area contributed by atoms with E-state index in [-0.39, 0.29) is 0 Å².